The molecule has 34 heavy (non-hydrogen) atoms. The Morgan fingerprint density at radius 2 is 1.82 bits per heavy atom. The largest absolute Gasteiger partial charge is 0.341 e. The normalized spacial score (nSPS) is 11.3. The summed E-state index contributed by atoms with van der Waals surface area (Å²) in [4.78, 5) is 30.9. The van der Waals surface area contributed by atoms with Crippen molar-refractivity contribution < 1.29 is 9.18 Å². The lowest BCUT2D eigenvalue weighted by atomic mass is 10.0. The van der Waals surface area contributed by atoms with Gasteiger partial charge in [-0.15, -0.1) is 0 Å². The molecule has 0 bridgehead atoms. The summed E-state index contributed by atoms with van der Waals surface area (Å²) < 4.78 is 15.5. The van der Waals surface area contributed by atoms with Crippen LogP contribution in [0.25, 0.3) is 16.7 Å². The molecular weight excluding hydrogens is 429 g/mol. The van der Waals surface area contributed by atoms with Crippen molar-refractivity contribution in [3.63, 3.8) is 0 Å². The lowest BCUT2D eigenvalue weighted by molar-refractivity contribution is 0.103. The van der Waals surface area contributed by atoms with E-state index in [0.29, 0.717) is 28.1 Å². The molecule has 0 saturated heterocycles. The van der Waals surface area contributed by atoms with E-state index in [1.54, 1.807) is 35.8 Å². The van der Waals surface area contributed by atoms with Gasteiger partial charge in [0.1, 0.15) is 17.3 Å². The van der Waals surface area contributed by atoms with Gasteiger partial charge in [0, 0.05) is 23.0 Å². The number of fused-ring (bicyclic) bond motifs is 1. The molecule has 0 aliphatic rings. The second kappa shape index (κ2) is 9.50. The molecule has 0 unspecified atom stereocenters. The van der Waals surface area contributed by atoms with Crippen molar-refractivity contribution in [3.05, 3.63) is 137 Å². The first-order chi connectivity index (χ1) is 16.4. The highest BCUT2D eigenvalue weighted by atomic mass is 19.1. The van der Waals surface area contributed by atoms with Crippen LogP contribution in [0.1, 0.15) is 21.6 Å². The number of aromatic nitrogens is 2. The molecule has 0 atom stereocenters. The zero-order valence-electron chi connectivity index (χ0n) is 18.6. The van der Waals surface area contributed by atoms with Crippen LogP contribution in [0.2, 0.25) is 0 Å². The predicted octanol–water partition coefficient (Wildman–Crippen LogP) is 5.73. The number of ketones is 1. The van der Waals surface area contributed by atoms with Crippen molar-refractivity contribution in [1.29, 1.82) is 0 Å². The molecule has 168 valence electrons. The third kappa shape index (κ3) is 4.34. The summed E-state index contributed by atoms with van der Waals surface area (Å²) in [5.41, 5.74) is 2.31. The monoisotopic (exact) mass is 451 g/mol. The van der Waals surface area contributed by atoms with Gasteiger partial charge in [0.25, 0.3) is 0 Å². The van der Waals surface area contributed by atoms with Gasteiger partial charge < -0.3 is 5.32 Å². The van der Waals surface area contributed by atoms with Gasteiger partial charge >= 0.3 is 0 Å². The molecule has 0 spiro atoms. The molecule has 4 rings (SSSR count). The minimum absolute atomic E-state index is 0.113. The standard InChI is InChI=1S/C28H22FN3O2/c1-4-10-21(5-2)30-25-17-24(33)26-18(3)15-23(27(34)19-11-9-12-20(29)16-19)31-28(26)32(25)22-13-7-6-8-14-22/h4-17,30H,1-2H2,3H3/b21-10+. The predicted molar refractivity (Wildman–Crippen MR) is 134 cm³/mol. The van der Waals surface area contributed by atoms with E-state index < -0.39 is 11.6 Å². The highest BCUT2D eigenvalue weighted by Gasteiger charge is 2.19. The van der Waals surface area contributed by atoms with Crippen LogP contribution in [-0.4, -0.2) is 15.3 Å². The van der Waals surface area contributed by atoms with Crippen molar-refractivity contribution in [3.8, 4) is 5.69 Å². The van der Waals surface area contributed by atoms with Crippen LogP contribution in [0.3, 0.4) is 0 Å². The molecule has 2 aromatic heterocycles. The molecule has 0 amide bonds. The van der Waals surface area contributed by atoms with Gasteiger partial charge in [-0.3, -0.25) is 14.2 Å². The van der Waals surface area contributed by atoms with Gasteiger partial charge in [-0.1, -0.05) is 49.6 Å². The third-order valence-electron chi connectivity index (χ3n) is 5.29. The molecule has 0 saturated carbocycles. The Morgan fingerprint density at radius 1 is 1.06 bits per heavy atom. The maximum absolute atomic E-state index is 13.7. The highest BCUT2D eigenvalue weighted by Crippen LogP contribution is 2.25. The Labute approximate surface area is 196 Å². The smallest absolute Gasteiger partial charge is 0.211 e. The van der Waals surface area contributed by atoms with Crippen LogP contribution in [0.5, 0.6) is 0 Å². The van der Waals surface area contributed by atoms with Crippen molar-refractivity contribution in [2.45, 2.75) is 6.92 Å². The number of benzene rings is 2. The number of halogens is 1. The minimum atomic E-state index is -0.512. The molecule has 4 aromatic rings. The van der Waals surface area contributed by atoms with Crippen LogP contribution in [0, 0.1) is 12.7 Å². The number of anilines is 1. The number of nitrogens with one attached hydrogen (secondary N) is 1. The average Bonchev–Trinajstić information content (AvgIpc) is 2.83. The second-order valence-electron chi connectivity index (χ2n) is 7.61. The van der Waals surface area contributed by atoms with E-state index in [4.69, 9.17) is 0 Å². The number of rotatable bonds is 7. The van der Waals surface area contributed by atoms with Gasteiger partial charge in [0.2, 0.25) is 5.78 Å². The van der Waals surface area contributed by atoms with Crippen molar-refractivity contribution in [2.24, 2.45) is 0 Å². The molecule has 6 heteroatoms. The summed E-state index contributed by atoms with van der Waals surface area (Å²) in [5, 5.41) is 3.58. The number of carbonyl (C=O) groups excluding carboxylic acids is 1. The average molecular weight is 452 g/mol. The lowest BCUT2D eigenvalue weighted by Crippen LogP contribution is -2.17. The zero-order chi connectivity index (χ0) is 24.2. The van der Waals surface area contributed by atoms with Gasteiger partial charge in [-0.05, 0) is 55.0 Å². The minimum Gasteiger partial charge on any atom is -0.341 e. The van der Waals surface area contributed by atoms with Crippen LogP contribution in [0.15, 0.2) is 109 Å². The summed E-state index contributed by atoms with van der Waals surface area (Å²) in [6, 6.07) is 17.9. The summed E-state index contributed by atoms with van der Waals surface area (Å²) in [7, 11) is 0. The van der Waals surface area contributed by atoms with Crippen molar-refractivity contribution >= 4 is 22.6 Å². The summed E-state index contributed by atoms with van der Waals surface area (Å²) >= 11 is 0. The number of allylic oxidation sites excluding steroid dienone is 3. The van der Waals surface area contributed by atoms with E-state index in [1.807, 2.05) is 30.3 Å². The Morgan fingerprint density at radius 3 is 2.50 bits per heavy atom. The Kier molecular flexibility index (Phi) is 6.32. The van der Waals surface area contributed by atoms with Gasteiger partial charge in [0.05, 0.1) is 5.39 Å². The molecule has 2 heterocycles. The maximum Gasteiger partial charge on any atom is 0.211 e. The van der Waals surface area contributed by atoms with E-state index in [-0.39, 0.29) is 16.7 Å². The molecule has 1 N–H and O–H groups in total. The fraction of sp³-hybridized carbons (Fsp3) is 0.0357. The topological polar surface area (TPSA) is 64.0 Å². The fourth-order valence-electron chi connectivity index (χ4n) is 3.76. The van der Waals surface area contributed by atoms with Crippen LogP contribution >= 0.6 is 0 Å². The maximum atomic E-state index is 13.7. The number of aryl methyl sites for hydroxylation is 1. The van der Waals surface area contributed by atoms with Gasteiger partial charge in [-0.25, -0.2) is 9.37 Å². The van der Waals surface area contributed by atoms with Crippen LogP contribution in [-0.2, 0) is 0 Å². The number of pyridine rings is 2. The molecule has 0 fully saturated rings. The number of hydrogen-bond donors (Lipinski definition) is 1. The first-order valence-electron chi connectivity index (χ1n) is 10.6. The van der Waals surface area contributed by atoms with E-state index in [0.717, 1.165) is 5.69 Å². The van der Waals surface area contributed by atoms with E-state index in [2.05, 4.69) is 23.5 Å². The van der Waals surface area contributed by atoms with E-state index in [9.17, 15) is 14.0 Å². The van der Waals surface area contributed by atoms with Crippen molar-refractivity contribution in [2.75, 3.05) is 5.32 Å². The summed E-state index contributed by atoms with van der Waals surface area (Å²) in [6.07, 6.45) is 4.93. The lowest BCUT2D eigenvalue weighted by Gasteiger charge is -2.19. The first kappa shape index (κ1) is 22.6. The Balaban J connectivity index is 2.03. The molecular formula is C28H22FN3O2. The number of hydrogen-bond acceptors (Lipinski definition) is 4. The van der Waals surface area contributed by atoms with Gasteiger partial charge in [-0.2, -0.15) is 0 Å². The third-order valence-corrected chi connectivity index (χ3v) is 5.29. The summed E-state index contributed by atoms with van der Waals surface area (Å²) in [6.45, 7) is 9.26. The molecule has 2 aromatic carbocycles. The highest BCUT2D eigenvalue weighted by molar-refractivity contribution is 6.08. The van der Waals surface area contributed by atoms with E-state index >= 15 is 0 Å². The first-order valence-corrected chi connectivity index (χ1v) is 10.6. The van der Waals surface area contributed by atoms with Crippen LogP contribution < -0.4 is 10.7 Å². The fourth-order valence-corrected chi connectivity index (χ4v) is 3.76. The second-order valence-corrected chi connectivity index (χ2v) is 7.61. The van der Waals surface area contributed by atoms with Crippen LogP contribution in [0.4, 0.5) is 10.2 Å². The molecule has 0 aliphatic carbocycles. The number of carbonyl (C=O) groups is 1. The quantitative estimate of drug-likeness (QED) is 0.288. The van der Waals surface area contributed by atoms with E-state index in [1.165, 1.54) is 30.3 Å². The van der Waals surface area contributed by atoms with Gasteiger partial charge in [0.15, 0.2) is 11.1 Å². The molecule has 0 radical (unpaired) electrons. The van der Waals surface area contributed by atoms with Crippen molar-refractivity contribution in [1.82, 2.24) is 9.55 Å². The summed E-state index contributed by atoms with van der Waals surface area (Å²) in [5.74, 6) is -0.505. The molecule has 5 nitrogen and oxygen atoms in total. The number of nitrogens with zero attached hydrogens (tertiary/aromatic N) is 2. The Bertz CT molecular complexity index is 1520. The number of para-hydroxylation sites is 1. The Hall–Kier alpha value is -4.58. The molecule has 0 aliphatic heterocycles. The SMILES string of the molecule is C=C/C=C(\C=C)Nc1cc(=O)c2c(C)cc(C(=O)c3cccc(F)c3)nc2n1-c1ccccc1. The zero-order valence-corrected chi connectivity index (χ0v) is 18.6.